The number of amides is 1. The van der Waals surface area contributed by atoms with Crippen LogP contribution >= 0.6 is 0 Å². The van der Waals surface area contributed by atoms with Gasteiger partial charge in [0.1, 0.15) is 0 Å². The number of hydrogen-bond donors (Lipinski definition) is 2. The number of nitrogens with one attached hydrogen (secondary N) is 2. The fourth-order valence-electron chi connectivity index (χ4n) is 5.20. The van der Waals surface area contributed by atoms with E-state index in [1.807, 2.05) is 6.92 Å². The van der Waals surface area contributed by atoms with Crippen molar-refractivity contribution >= 4 is 26.8 Å². The second-order valence-electron chi connectivity index (χ2n) is 9.44. The molecule has 2 saturated heterocycles. The van der Waals surface area contributed by atoms with Crippen LogP contribution in [0.5, 0.6) is 0 Å². The van der Waals surface area contributed by atoms with Gasteiger partial charge in [0, 0.05) is 36.1 Å². The average Bonchev–Trinajstić information content (AvgIpc) is 2.86. The van der Waals surface area contributed by atoms with Gasteiger partial charge in [0.15, 0.2) is 0 Å². The van der Waals surface area contributed by atoms with Crippen molar-refractivity contribution in [2.75, 3.05) is 32.7 Å². The van der Waals surface area contributed by atoms with Gasteiger partial charge in [-0.15, -0.1) is 0 Å². The van der Waals surface area contributed by atoms with Crippen LogP contribution in [0.15, 0.2) is 34.0 Å². The summed E-state index contributed by atoms with van der Waals surface area (Å²) in [6, 6.07) is 5.89. The number of piperidine rings is 2. The molecule has 1 aromatic heterocycles. The Kier molecular flexibility index (Phi) is 8.06. The van der Waals surface area contributed by atoms with E-state index in [2.05, 4.69) is 15.2 Å². The van der Waals surface area contributed by atoms with Gasteiger partial charge >= 0.3 is 0 Å². The predicted octanol–water partition coefficient (Wildman–Crippen LogP) is 3.09. The molecule has 2 aromatic rings. The van der Waals surface area contributed by atoms with Gasteiger partial charge in [-0.05, 0) is 76.4 Å². The van der Waals surface area contributed by atoms with Gasteiger partial charge in [0.05, 0.1) is 10.5 Å². The summed E-state index contributed by atoms with van der Waals surface area (Å²) in [6.07, 6.45) is 8.09. The van der Waals surface area contributed by atoms with Crippen molar-refractivity contribution < 1.29 is 13.2 Å². The van der Waals surface area contributed by atoms with Crippen LogP contribution < -0.4 is 10.9 Å². The molecule has 186 valence electrons. The summed E-state index contributed by atoms with van der Waals surface area (Å²) in [4.78, 5) is 30.5. The highest BCUT2D eigenvalue weighted by atomic mass is 32.2. The Hall–Kier alpha value is -2.23. The third-order valence-electron chi connectivity index (χ3n) is 7.10. The molecule has 2 aliphatic heterocycles. The Morgan fingerprint density at radius 2 is 1.85 bits per heavy atom. The summed E-state index contributed by atoms with van der Waals surface area (Å²) < 4.78 is 28.5. The predicted molar refractivity (Wildman–Crippen MR) is 134 cm³/mol. The SMILES string of the molecule is CCC1CCCCN1S(=O)(=O)c1ccc2[nH]c(=O)cc(C(=O)NCCCN3CCCCC3)c2c1. The van der Waals surface area contributed by atoms with Crippen LogP contribution in [0.3, 0.4) is 0 Å². The zero-order chi connectivity index (χ0) is 24.1. The fourth-order valence-corrected chi connectivity index (χ4v) is 6.99. The molecule has 1 unspecified atom stereocenters. The molecule has 1 amide bonds. The van der Waals surface area contributed by atoms with E-state index in [1.54, 1.807) is 10.4 Å². The molecule has 34 heavy (non-hydrogen) atoms. The molecular weight excluding hydrogens is 452 g/mol. The van der Waals surface area contributed by atoms with Gasteiger partial charge in [-0.3, -0.25) is 9.59 Å². The van der Waals surface area contributed by atoms with E-state index < -0.39 is 10.0 Å². The Bertz CT molecular complexity index is 1170. The fraction of sp³-hybridized carbons (Fsp3) is 0.600. The Morgan fingerprint density at radius 1 is 1.09 bits per heavy atom. The lowest BCUT2D eigenvalue weighted by molar-refractivity contribution is 0.0952. The second-order valence-corrected chi connectivity index (χ2v) is 11.3. The van der Waals surface area contributed by atoms with Gasteiger partial charge in [-0.1, -0.05) is 19.8 Å². The quantitative estimate of drug-likeness (QED) is 0.556. The molecule has 9 heteroatoms. The van der Waals surface area contributed by atoms with E-state index in [1.165, 1.54) is 37.5 Å². The minimum absolute atomic E-state index is 0.00676. The van der Waals surface area contributed by atoms with Crippen LogP contribution in [0, 0.1) is 0 Å². The molecule has 1 aromatic carbocycles. The lowest BCUT2D eigenvalue weighted by Crippen LogP contribution is -2.43. The number of hydrogen-bond acceptors (Lipinski definition) is 5. The number of H-pyrrole nitrogens is 1. The van der Waals surface area contributed by atoms with Crippen molar-refractivity contribution in [2.45, 2.75) is 69.2 Å². The molecule has 0 radical (unpaired) electrons. The highest BCUT2D eigenvalue weighted by Crippen LogP contribution is 2.29. The third kappa shape index (κ3) is 5.53. The first-order chi connectivity index (χ1) is 16.4. The molecule has 1 atom stereocenters. The van der Waals surface area contributed by atoms with E-state index in [9.17, 15) is 18.0 Å². The topological polar surface area (TPSA) is 103 Å². The lowest BCUT2D eigenvalue weighted by atomic mass is 10.0. The molecule has 3 heterocycles. The minimum Gasteiger partial charge on any atom is -0.352 e. The lowest BCUT2D eigenvalue weighted by Gasteiger charge is -2.34. The highest BCUT2D eigenvalue weighted by molar-refractivity contribution is 7.89. The first-order valence-electron chi connectivity index (χ1n) is 12.6. The maximum Gasteiger partial charge on any atom is 0.252 e. The van der Waals surface area contributed by atoms with E-state index in [-0.39, 0.29) is 28.0 Å². The van der Waals surface area contributed by atoms with Crippen molar-refractivity contribution in [1.29, 1.82) is 0 Å². The van der Waals surface area contributed by atoms with Gasteiger partial charge in [0.2, 0.25) is 15.6 Å². The number of likely N-dealkylation sites (tertiary alicyclic amines) is 1. The van der Waals surface area contributed by atoms with Gasteiger partial charge < -0.3 is 15.2 Å². The largest absolute Gasteiger partial charge is 0.352 e. The molecule has 8 nitrogen and oxygen atoms in total. The standard InChI is InChI=1S/C25H36N4O4S/c1-2-19-9-4-7-16-29(19)34(32,33)20-10-11-23-21(17-20)22(18-24(30)27-23)25(31)26-12-8-15-28-13-5-3-6-14-28/h10-11,17-19H,2-9,12-16H2,1H3,(H,26,31)(H,27,30). The molecule has 0 aliphatic carbocycles. The summed E-state index contributed by atoms with van der Waals surface area (Å²) in [7, 11) is -3.70. The first-order valence-corrected chi connectivity index (χ1v) is 14.0. The number of aromatic amines is 1. The van der Waals surface area contributed by atoms with Crippen LogP contribution in [-0.2, 0) is 10.0 Å². The average molecular weight is 489 g/mol. The monoisotopic (exact) mass is 488 g/mol. The number of aromatic nitrogens is 1. The number of fused-ring (bicyclic) bond motifs is 1. The molecular formula is C25H36N4O4S. The number of nitrogens with zero attached hydrogens (tertiary/aromatic N) is 2. The van der Waals surface area contributed by atoms with Crippen LogP contribution in [0.2, 0.25) is 0 Å². The van der Waals surface area contributed by atoms with Gasteiger partial charge in [0.25, 0.3) is 5.91 Å². The molecule has 2 fully saturated rings. The van der Waals surface area contributed by atoms with Crippen LogP contribution in [0.1, 0.15) is 68.6 Å². The Morgan fingerprint density at radius 3 is 2.62 bits per heavy atom. The smallest absolute Gasteiger partial charge is 0.252 e. The van der Waals surface area contributed by atoms with E-state index in [0.717, 1.165) is 51.7 Å². The van der Waals surface area contributed by atoms with Crippen LogP contribution in [0.25, 0.3) is 10.9 Å². The summed E-state index contributed by atoms with van der Waals surface area (Å²) in [6.45, 7) is 6.19. The number of carbonyl (C=O) groups excluding carboxylic acids is 1. The number of rotatable bonds is 8. The number of carbonyl (C=O) groups is 1. The van der Waals surface area contributed by atoms with Crippen molar-refractivity contribution in [3.63, 3.8) is 0 Å². The summed E-state index contributed by atoms with van der Waals surface area (Å²) in [5.74, 6) is -0.353. The maximum atomic E-state index is 13.5. The molecule has 2 aliphatic rings. The van der Waals surface area contributed by atoms with Crippen LogP contribution in [0.4, 0.5) is 0 Å². The van der Waals surface area contributed by atoms with Crippen molar-refractivity contribution in [3.05, 3.63) is 40.2 Å². The summed E-state index contributed by atoms with van der Waals surface area (Å²) in [5, 5.41) is 3.36. The first kappa shape index (κ1) is 24.9. The normalized spacial score (nSPS) is 20.4. The zero-order valence-electron chi connectivity index (χ0n) is 20.0. The molecule has 0 spiro atoms. The van der Waals surface area contributed by atoms with Crippen LogP contribution in [-0.4, -0.2) is 67.3 Å². The van der Waals surface area contributed by atoms with Crippen molar-refractivity contribution in [1.82, 2.24) is 19.5 Å². The van der Waals surface area contributed by atoms with Gasteiger partial charge in [-0.25, -0.2) is 8.42 Å². The second kappa shape index (κ2) is 11.0. The molecule has 2 N–H and O–H groups in total. The third-order valence-corrected chi connectivity index (χ3v) is 9.04. The van der Waals surface area contributed by atoms with E-state index in [4.69, 9.17) is 0 Å². The van der Waals surface area contributed by atoms with Gasteiger partial charge in [-0.2, -0.15) is 4.31 Å². The number of sulfonamides is 1. The number of pyridine rings is 1. The Balaban J connectivity index is 1.54. The van der Waals surface area contributed by atoms with E-state index in [0.29, 0.717) is 24.0 Å². The maximum absolute atomic E-state index is 13.5. The van der Waals surface area contributed by atoms with Crippen molar-refractivity contribution in [2.24, 2.45) is 0 Å². The molecule has 0 bridgehead atoms. The van der Waals surface area contributed by atoms with E-state index >= 15 is 0 Å². The zero-order valence-corrected chi connectivity index (χ0v) is 20.8. The number of benzene rings is 1. The Labute approximate surface area is 201 Å². The molecule has 0 saturated carbocycles. The summed E-state index contributed by atoms with van der Waals surface area (Å²) >= 11 is 0. The minimum atomic E-state index is -3.70. The van der Waals surface area contributed by atoms with Crippen molar-refractivity contribution in [3.8, 4) is 0 Å². The highest BCUT2D eigenvalue weighted by Gasteiger charge is 2.32. The molecule has 4 rings (SSSR count). The summed E-state index contributed by atoms with van der Waals surface area (Å²) in [5.41, 5.74) is 0.277.